The zero-order valence-corrected chi connectivity index (χ0v) is 9.60. The van der Waals surface area contributed by atoms with Crippen molar-refractivity contribution >= 4 is 18.4 Å². The van der Waals surface area contributed by atoms with Crippen LogP contribution >= 0.6 is 7.80 Å². The Morgan fingerprint density at radius 2 is 1.44 bits per heavy atom. The number of hydrogen-bond donors (Lipinski definition) is 1. The van der Waals surface area contributed by atoms with Gasteiger partial charge in [-0.3, -0.25) is 0 Å². The van der Waals surface area contributed by atoms with E-state index in [4.69, 9.17) is 5.11 Å². The van der Waals surface area contributed by atoms with Crippen molar-refractivity contribution in [1.29, 1.82) is 0 Å². The van der Waals surface area contributed by atoms with E-state index in [1.165, 1.54) is 0 Å². The zero-order valence-electron chi connectivity index (χ0n) is 8.71. The van der Waals surface area contributed by atoms with E-state index in [1.807, 2.05) is 30.3 Å². The van der Waals surface area contributed by atoms with E-state index >= 15 is 0 Å². The van der Waals surface area contributed by atoms with Crippen LogP contribution in [-0.4, -0.2) is 5.11 Å². The van der Waals surface area contributed by atoms with Gasteiger partial charge in [0.25, 0.3) is 0 Å². The number of rotatable bonds is 3. The van der Waals surface area contributed by atoms with Gasteiger partial charge in [0.15, 0.2) is 10.6 Å². The molecule has 2 rings (SSSR count). The van der Waals surface area contributed by atoms with E-state index in [1.54, 1.807) is 24.3 Å². The molecule has 16 heavy (non-hydrogen) atoms. The second-order valence-corrected chi connectivity index (χ2v) is 5.08. The molecule has 0 saturated heterocycles. The van der Waals surface area contributed by atoms with E-state index in [0.717, 1.165) is 16.2 Å². The summed E-state index contributed by atoms with van der Waals surface area (Å²) >= 11 is 0. The lowest BCUT2D eigenvalue weighted by molar-refractivity contribution is 0.282. The van der Waals surface area contributed by atoms with Gasteiger partial charge in [-0.25, -0.2) is 0 Å². The normalized spacial score (nSPS) is 11.2. The van der Waals surface area contributed by atoms with Gasteiger partial charge < -0.3 is 5.11 Å². The monoisotopic (exact) mass is 231 g/mol. The second-order valence-electron chi connectivity index (χ2n) is 3.45. The third-order valence-electron chi connectivity index (χ3n) is 2.34. The lowest BCUT2D eigenvalue weighted by Crippen LogP contribution is -2.06. The van der Waals surface area contributed by atoms with Gasteiger partial charge in [-0.1, -0.05) is 34.9 Å². The molecule has 0 fully saturated rings. The Morgan fingerprint density at radius 1 is 0.875 bits per heavy atom. The summed E-state index contributed by atoms with van der Waals surface area (Å²) in [6.07, 6.45) is 0. The highest BCUT2D eigenvalue weighted by atomic mass is 31.1. The van der Waals surface area contributed by atoms with Gasteiger partial charge in [0.2, 0.25) is 0 Å². The summed E-state index contributed by atoms with van der Waals surface area (Å²) in [5.41, 5.74) is 0.834. The third-order valence-corrected chi connectivity index (χ3v) is 3.88. The number of aliphatic hydroxyl groups is 1. The average molecular weight is 231 g/mol. The Morgan fingerprint density at radius 3 is 2.00 bits per heavy atom. The Kier molecular flexibility index (Phi) is 3.45. The molecule has 1 atom stereocenters. The first-order valence-corrected chi connectivity index (χ1v) is 6.29. The summed E-state index contributed by atoms with van der Waals surface area (Å²) in [7, 11) is -1.52. The molecule has 0 aliphatic carbocycles. The van der Waals surface area contributed by atoms with Crippen LogP contribution in [0.15, 0.2) is 54.6 Å². The molecular formula is C13H12O2P+. The maximum absolute atomic E-state index is 12.1. The van der Waals surface area contributed by atoms with E-state index < -0.39 is 7.80 Å². The summed E-state index contributed by atoms with van der Waals surface area (Å²) in [4.78, 5) is 0. The van der Waals surface area contributed by atoms with Crippen molar-refractivity contribution in [2.75, 3.05) is 0 Å². The van der Waals surface area contributed by atoms with Crippen molar-refractivity contribution in [2.45, 2.75) is 6.61 Å². The van der Waals surface area contributed by atoms with Gasteiger partial charge in [0.1, 0.15) is 0 Å². The predicted octanol–water partition coefficient (Wildman–Crippen LogP) is 1.96. The molecule has 0 aromatic heterocycles. The minimum absolute atomic E-state index is 0.0163. The topological polar surface area (TPSA) is 37.3 Å². The van der Waals surface area contributed by atoms with Crippen molar-refractivity contribution in [3.63, 3.8) is 0 Å². The highest BCUT2D eigenvalue weighted by Gasteiger charge is 2.22. The van der Waals surface area contributed by atoms with Crippen LogP contribution < -0.4 is 10.6 Å². The SMILES string of the molecule is O=[P+](c1ccccc1)c1ccc(CO)cc1. The molecule has 1 unspecified atom stereocenters. The molecule has 0 heterocycles. The van der Waals surface area contributed by atoms with Crippen molar-refractivity contribution < 1.29 is 9.67 Å². The molecule has 2 aromatic rings. The van der Waals surface area contributed by atoms with Crippen LogP contribution in [0.25, 0.3) is 0 Å². The Balaban J connectivity index is 2.28. The average Bonchev–Trinajstić information content (AvgIpc) is 2.39. The Bertz CT molecular complexity index is 477. The van der Waals surface area contributed by atoms with Crippen LogP contribution in [0.3, 0.4) is 0 Å². The van der Waals surface area contributed by atoms with Gasteiger partial charge in [-0.05, 0) is 29.8 Å². The van der Waals surface area contributed by atoms with Gasteiger partial charge in [-0.2, -0.15) is 0 Å². The minimum Gasteiger partial charge on any atom is -0.392 e. The maximum atomic E-state index is 12.1. The van der Waals surface area contributed by atoms with Crippen LogP contribution in [0.4, 0.5) is 0 Å². The first kappa shape index (κ1) is 11.0. The van der Waals surface area contributed by atoms with E-state index in [-0.39, 0.29) is 6.61 Å². The molecule has 0 aliphatic heterocycles. The van der Waals surface area contributed by atoms with E-state index in [0.29, 0.717) is 0 Å². The molecule has 0 aliphatic rings. The molecule has 0 spiro atoms. The summed E-state index contributed by atoms with van der Waals surface area (Å²) in [5, 5.41) is 10.5. The Labute approximate surface area is 95.4 Å². The first-order valence-electron chi connectivity index (χ1n) is 5.03. The van der Waals surface area contributed by atoms with Crippen molar-refractivity contribution in [1.82, 2.24) is 0 Å². The summed E-state index contributed by atoms with van der Waals surface area (Å²) in [6.45, 7) is 0.0163. The molecule has 0 amide bonds. The fourth-order valence-corrected chi connectivity index (χ4v) is 2.61. The molecule has 0 bridgehead atoms. The molecule has 2 aromatic carbocycles. The molecule has 0 radical (unpaired) electrons. The molecule has 2 nitrogen and oxygen atoms in total. The highest BCUT2D eigenvalue weighted by molar-refractivity contribution is 7.61. The maximum Gasteiger partial charge on any atom is 0.415 e. The molecule has 80 valence electrons. The zero-order chi connectivity index (χ0) is 11.4. The minimum atomic E-state index is -1.52. The number of hydrogen-bond acceptors (Lipinski definition) is 2. The predicted molar refractivity (Wildman–Crippen MR) is 65.7 cm³/mol. The Hall–Kier alpha value is -1.50. The lowest BCUT2D eigenvalue weighted by Gasteiger charge is -1.93. The fourth-order valence-electron chi connectivity index (χ4n) is 1.45. The van der Waals surface area contributed by atoms with Crippen LogP contribution in [0.5, 0.6) is 0 Å². The fraction of sp³-hybridized carbons (Fsp3) is 0.0769. The smallest absolute Gasteiger partial charge is 0.392 e. The highest BCUT2D eigenvalue weighted by Crippen LogP contribution is 2.19. The quantitative estimate of drug-likeness (QED) is 0.820. The third kappa shape index (κ3) is 2.35. The molecule has 1 N–H and O–H groups in total. The number of benzene rings is 2. The summed E-state index contributed by atoms with van der Waals surface area (Å²) in [5.74, 6) is 0. The van der Waals surface area contributed by atoms with Crippen molar-refractivity contribution in [2.24, 2.45) is 0 Å². The summed E-state index contributed by atoms with van der Waals surface area (Å²) in [6, 6.07) is 16.6. The van der Waals surface area contributed by atoms with E-state index in [9.17, 15) is 4.57 Å². The standard InChI is InChI=1S/C13H12O2P/c14-10-11-6-8-13(9-7-11)16(15)12-4-2-1-3-5-12/h1-9,14H,10H2/q+1. The lowest BCUT2D eigenvalue weighted by atomic mass is 10.2. The van der Waals surface area contributed by atoms with Crippen LogP contribution in [-0.2, 0) is 11.2 Å². The second kappa shape index (κ2) is 5.02. The van der Waals surface area contributed by atoms with Crippen molar-refractivity contribution in [3.05, 3.63) is 60.2 Å². The first-order chi connectivity index (χ1) is 7.81. The van der Waals surface area contributed by atoms with Crippen molar-refractivity contribution in [3.8, 4) is 0 Å². The largest absolute Gasteiger partial charge is 0.415 e. The van der Waals surface area contributed by atoms with Crippen LogP contribution in [0, 0.1) is 0 Å². The number of aliphatic hydroxyl groups excluding tert-OH is 1. The molecular weight excluding hydrogens is 219 g/mol. The van der Waals surface area contributed by atoms with Gasteiger partial charge >= 0.3 is 7.80 Å². The molecule has 3 heteroatoms. The molecule has 0 saturated carbocycles. The summed E-state index contributed by atoms with van der Waals surface area (Å²) < 4.78 is 12.1. The van der Waals surface area contributed by atoms with Gasteiger partial charge in [0.05, 0.1) is 6.61 Å². The van der Waals surface area contributed by atoms with Crippen LogP contribution in [0.1, 0.15) is 5.56 Å². The van der Waals surface area contributed by atoms with Gasteiger partial charge in [0, 0.05) is 0 Å². The van der Waals surface area contributed by atoms with Gasteiger partial charge in [-0.15, -0.1) is 0 Å². The van der Waals surface area contributed by atoms with Crippen LogP contribution in [0.2, 0.25) is 0 Å². The van der Waals surface area contributed by atoms with E-state index in [2.05, 4.69) is 0 Å².